The van der Waals surface area contributed by atoms with Crippen molar-refractivity contribution in [3.63, 3.8) is 0 Å². The maximum Gasteiger partial charge on any atom is 0.328 e. The van der Waals surface area contributed by atoms with Gasteiger partial charge in [-0.25, -0.2) is 13.6 Å². The molecule has 0 fully saturated rings. The SMILES string of the molecule is CCC(C)(C)c1cc(-c2occc2/C=C/C(C)=C/C(=O)O)c(OCC(F)F)c(C(C)(C)CC)c1. The average molecular weight is 475 g/mol. The first-order valence-electron chi connectivity index (χ1n) is 11.6. The maximum absolute atomic E-state index is 13.2. The maximum atomic E-state index is 13.2. The number of halogens is 2. The molecule has 2 aromatic rings. The number of carboxylic acid groups (broad SMARTS) is 1. The van der Waals surface area contributed by atoms with Gasteiger partial charge in [0.25, 0.3) is 6.43 Å². The molecule has 0 spiro atoms. The van der Waals surface area contributed by atoms with Crippen LogP contribution in [0.25, 0.3) is 17.4 Å². The number of benzene rings is 1. The molecule has 1 heterocycles. The summed E-state index contributed by atoms with van der Waals surface area (Å²) in [7, 11) is 0. The number of hydrogen-bond donors (Lipinski definition) is 1. The van der Waals surface area contributed by atoms with Gasteiger partial charge in [-0.1, -0.05) is 59.8 Å². The predicted octanol–water partition coefficient (Wildman–Crippen LogP) is 8.01. The molecule has 34 heavy (non-hydrogen) atoms. The first-order valence-corrected chi connectivity index (χ1v) is 11.6. The van der Waals surface area contributed by atoms with Gasteiger partial charge in [0.15, 0.2) is 0 Å². The first-order chi connectivity index (χ1) is 15.8. The number of allylic oxidation sites excluding steroid dienone is 2. The van der Waals surface area contributed by atoms with E-state index in [4.69, 9.17) is 14.3 Å². The minimum atomic E-state index is -2.61. The molecule has 1 aromatic carbocycles. The Labute approximate surface area is 201 Å². The molecule has 0 unspecified atom stereocenters. The van der Waals surface area contributed by atoms with Crippen LogP contribution in [0.2, 0.25) is 0 Å². The zero-order chi connectivity index (χ0) is 25.7. The largest absolute Gasteiger partial charge is 0.487 e. The molecule has 2 rings (SSSR count). The van der Waals surface area contributed by atoms with E-state index in [-0.39, 0.29) is 10.8 Å². The van der Waals surface area contributed by atoms with Crippen LogP contribution in [0.15, 0.2) is 46.6 Å². The van der Waals surface area contributed by atoms with E-state index in [1.807, 2.05) is 6.07 Å². The van der Waals surface area contributed by atoms with E-state index in [2.05, 4.69) is 47.6 Å². The fraction of sp³-hybridized carbons (Fsp3) is 0.464. The number of aliphatic carboxylic acids is 1. The Hall–Kier alpha value is -2.89. The fourth-order valence-electron chi connectivity index (χ4n) is 3.52. The summed E-state index contributed by atoms with van der Waals surface area (Å²) in [6.45, 7) is 13.6. The lowest BCUT2D eigenvalue weighted by Crippen LogP contribution is -2.22. The molecule has 4 nitrogen and oxygen atoms in total. The summed E-state index contributed by atoms with van der Waals surface area (Å²) in [6, 6.07) is 5.81. The van der Waals surface area contributed by atoms with E-state index >= 15 is 0 Å². The quantitative estimate of drug-likeness (QED) is 0.265. The monoisotopic (exact) mass is 474 g/mol. The molecule has 0 aliphatic carbocycles. The summed E-state index contributed by atoms with van der Waals surface area (Å²) in [5, 5.41) is 8.97. The highest BCUT2D eigenvalue weighted by atomic mass is 19.3. The highest BCUT2D eigenvalue weighted by molar-refractivity contribution is 5.82. The van der Waals surface area contributed by atoms with Crippen LogP contribution < -0.4 is 4.74 Å². The molecule has 1 aromatic heterocycles. The Morgan fingerprint density at radius 2 is 1.79 bits per heavy atom. The number of ether oxygens (including phenoxy) is 1. The van der Waals surface area contributed by atoms with Crippen molar-refractivity contribution in [1.29, 1.82) is 0 Å². The summed E-state index contributed by atoms with van der Waals surface area (Å²) < 4.78 is 38.0. The molecule has 0 saturated carbocycles. The van der Waals surface area contributed by atoms with Gasteiger partial charge in [-0.05, 0) is 53.9 Å². The van der Waals surface area contributed by atoms with Gasteiger partial charge < -0.3 is 14.3 Å². The van der Waals surface area contributed by atoms with Gasteiger partial charge in [0.2, 0.25) is 0 Å². The summed E-state index contributed by atoms with van der Waals surface area (Å²) in [6.07, 6.45) is 5.14. The van der Waals surface area contributed by atoms with Gasteiger partial charge in [0, 0.05) is 17.2 Å². The number of carbonyl (C=O) groups is 1. The van der Waals surface area contributed by atoms with Crippen LogP contribution in [-0.2, 0) is 15.6 Å². The van der Waals surface area contributed by atoms with Crippen LogP contribution in [0.3, 0.4) is 0 Å². The van der Waals surface area contributed by atoms with Crippen LogP contribution in [0.4, 0.5) is 8.78 Å². The van der Waals surface area contributed by atoms with Crippen LogP contribution >= 0.6 is 0 Å². The van der Waals surface area contributed by atoms with Crippen LogP contribution in [-0.4, -0.2) is 24.1 Å². The van der Waals surface area contributed by atoms with Gasteiger partial charge in [-0.2, -0.15) is 0 Å². The predicted molar refractivity (Wildman–Crippen MR) is 133 cm³/mol. The molecule has 0 bridgehead atoms. The number of carboxylic acids is 1. The molecule has 0 saturated heterocycles. The fourth-order valence-corrected chi connectivity index (χ4v) is 3.52. The van der Waals surface area contributed by atoms with Gasteiger partial charge >= 0.3 is 5.97 Å². The Morgan fingerprint density at radius 1 is 1.15 bits per heavy atom. The molecule has 0 aliphatic rings. The third-order valence-corrected chi connectivity index (χ3v) is 6.54. The molecule has 6 heteroatoms. The summed E-state index contributed by atoms with van der Waals surface area (Å²) in [5.74, 6) is -0.145. The Balaban J connectivity index is 2.82. The Bertz CT molecular complexity index is 1060. The van der Waals surface area contributed by atoms with Crippen LogP contribution in [0.5, 0.6) is 5.75 Å². The minimum absolute atomic E-state index is 0.155. The Morgan fingerprint density at radius 3 is 2.35 bits per heavy atom. The zero-order valence-electron chi connectivity index (χ0n) is 21.2. The topological polar surface area (TPSA) is 59.7 Å². The van der Waals surface area contributed by atoms with E-state index in [0.29, 0.717) is 28.2 Å². The van der Waals surface area contributed by atoms with Gasteiger partial charge in [-0.3, -0.25) is 0 Å². The summed E-state index contributed by atoms with van der Waals surface area (Å²) >= 11 is 0. The molecule has 0 aliphatic heterocycles. The van der Waals surface area contributed by atoms with Crippen molar-refractivity contribution < 1.29 is 27.8 Å². The normalized spacial score (nSPS) is 13.2. The molecule has 0 amide bonds. The lowest BCUT2D eigenvalue weighted by atomic mass is 9.75. The number of rotatable bonds is 11. The smallest absolute Gasteiger partial charge is 0.328 e. The third-order valence-electron chi connectivity index (χ3n) is 6.54. The minimum Gasteiger partial charge on any atom is -0.487 e. The van der Waals surface area contributed by atoms with E-state index in [1.54, 1.807) is 25.1 Å². The van der Waals surface area contributed by atoms with Crippen molar-refractivity contribution in [3.05, 3.63) is 58.9 Å². The van der Waals surface area contributed by atoms with Crippen molar-refractivity contribution >= 4 is 12.0 Å². The number of alkyl halides is 2. The van der Waals surface area contributed by atoms with E-state index in [1.165, 1.54) is 6.26 Å². The number of hydrogen-bond acceptors (Lipinski definition) is 3. The first kappa shape index (κ1) is 27.4. The van der Waals surface area contributed by atoms with Crippen molar-refractivity contribution in [1.82, 2.24) is 0 Å². The molecular weight excluding hydrogens is 438 g/mol. The standard InChI is InChI=1S/C28H36F2O4/c1-8-27(4,5)20-15-21(25-19(12-13-33-25)11-10-18(3)14-24(31)32)26(34-17-23(29)30)22(16-20)28(6,7)9-2/h10-16,23H,8-9,17H2,1-7H3,(H,31,32)/b11-10+,18-14+. The number of furan rings is 1. The molecule has 1 N–H and O–H groups in total. The van der Waals surface area contributed by atoms with Crippen molar-refractivity contribution in [3.8, 4) is 17.1 Å². The van der Waals surface area contributed by atoms with Crippen molar-refractivity contribution in [2.75, 3.05) is 6.61 Å². The highest BCUT2D eigenvalue weighted by Crippen LogP contribution is 2.46. The zero-order valence-corrected chi connectivity index (χ0v) is 21.2. The lowest BCUT2D eigenvalue weighted by Gasteiger charge is -2.32. The molecule has 0 atom stereocenters. The molecule has 0 radical (unpaired) electrons. The van der Waals surface area contributed by atoms with Crippen LogP contribution in [0.1, 0.15) is 78.0 Å². The average Bonchev–Trinajstić information content (AvgIpc) is 3.23. The molecule has 186 valence electrons. The summed E-state index contributed by atoms with van der Waals surface area (Å²) in [5.41, 5.74) is 3.32. The second-order valence-corrected chi connectivity index (χ2v) is 9.84. The highest BCUT2D eigenvalue weighted by Gasteiger charge is 2.31. The second-order valence-electron chi connectivity index (χ2n) is 9.84. The third kappa shape index (κ3) is 6.58. The van der Waals surface area contributed by atoms with Crippen molar-refractivity contribution in [2.45, 2.75) is 78.6 Å². The van der Waals surface area contributed by atoms with E-state index in [0.717, 1.165) is 30.0 Å². The van der Waals surface area contributed by atoms with Crippen LogP contribution in [0, 0.1) is 0 Å². The van der Waals surface area contributed by atoms with E-state index in [9.17, 15) is 13.6 Å². The van der Waals surface area contributed by atoms with E-state index < -0.39 is 19.0 Å². The van der Waals surface area contributed by atoms with Crippen molar-refractivity contribution in [2.24, 2.45) is 0 Å². The van der Waals surface area contributed by atoms with Gasteiger partial charge in [0.1, 0.15) is 18.1 Å². The summed E-state index contributed by atoms with van der Waals surface area (Å²) in [4.78, 5) is 10.9. The second kappa shape index (κ2) is 11.0. The Kier molecular flexibility index (Phi) is 8.87. The molecular formula is C28H36F2O4. The lowest BCUT2D eigenvalue weighted by molar-refractivity contribution is -0.131. The van der Waals surface area contributed by atoms with Gasteiger partial charge in [0.05, 0.1) is 11.8 Å². The van der Waals surface area contributed by atoms with Gasteiger partial charge in [-0.15, -0.1) is 0 Å².